The summed E-state index contributed by atoms with van der Waals surface area (Å²) in [5.74, 6) is 0. The lowest BCUT2D eigenvalue weighted by molar-refractivity contribution is 0.163. The summed E-state index contributed by atoms with van der Waals surface area (Å²) < 4.78 is 25.0. The van der Waals surface area contributed by atoms with Crippen molar-refractivity contribution in [1.82, 2.24) is 0 Å². The zero-order chi connectivity index (χ0) is 12.3. The fourth-order valence-electron chi connectivity index (χ4n) is 0.796. The quantitative estimate of drug-likeness (QED) is 0.575. The van der Waals surface area contributed by atoms with Gasteiger partial charge in [-0.1, -0.05) is 13.8 Å². The number of hydrogen-bond acceptors (Lipinski definition) is 4. The Labute approximate surface area is 94.2 Å². The van der Waals surface area contributed by atoms with E-state index in [1.165, 1.54) is 0 Å². The maximum atomic E-state index is 10.7. The molecule has 1 N–H and O–H groups in total. The molecule has 0 aromatic carbocycles. The first-order valence-electron chi connectivity index (χ1n) is 4.86. The lowest BCUT2D eigenvalue weighted by Crippen LogP contribution is -2.21. The van der Waals surface area contributed by atoms with Crippen molar-refractivity contribution < 1.29 is 22.7 Å². The molecule has 1 unspecified atom stereocenters. The van der Waals surface area contributed by atoms with Gasteiger partial charge in [0.05, 0.1) is 0 Å². The zero-order valence-corrected chi connectivity index (χ0v) is 12.3. The molecule has 0 aliphatic carbocycles. The van der Waals surface area contributed by atoms with Crippen LogP contribution in [0.2, 0.25) is 0 Å². The third-order valence-electron chi connectivity index (χ3n) is 1.64. The van der Waals surface area contributed by atoms with Gasteiger partial charge in [0.2, 0.25) is 0 Å². The van der Waals surface area contributed by atoms with E-state index in [1.807, 2.05) is 6.92 Å². The van der Waals surface area contributed by atoms with E-state index in [9.17, 15) is 4.57 Å². The molecule has 0 saturated carbocycles. The maximum Gasteiger partial charge on any atom is 0.483 e. The molecule has 94 valence electrons. The molecule has 0 saturated heterocycles. The van der Waals surface area contributed by atoms with Crippen molar-refractivity contribution in [1.29, 1.82) is 0 Å². The largest absolute Gasteiger partial charge is 0.483 e. The summed E-state index contributed by atoms with van der Waals surface area (Å²) in [6.45, 7) is 3.66. The third kappa shape index (κ3) is 12.2. The standard InChI is InChI=1S/C5H13O2P.C3H10O3Si/c1-3-5-8(6,7)4-2;1-4-7(5-2)6-3/h3-5H2,1-2H3,(H,6,7);7H,1-3H3. The molecule has 15 heavy (non-hydrogen) atoms. The smallest absolute Gasteiger partial charge is 0.379 e. The molecule has 1 atom stereocenters. The fraction of sp³-hybridized carbons (Fsp3) is 1.00. The van der Waals surface area contributed by atoms with Crippen molar-refractivity contribution in [2.45, 2.75) is 20.3 Å². The molecule has 0 aromatic heterocycles. The number of hydrogen-bond donors (Lipinski definition) is 1. The summed E-state index contributed by atoms with van der Waals surface area (Å²) in [6, 6.07) is 0. The lowest BCUT2D eigenvalue weighted by Gasteiger charge is -2.05. The summed E-state index contributed by atoms with van der Waals surface area (Å²) in [7, 11) is 0.375. The molecule has 0 aliphatic heterocycles. The van der Waals surface area contributed by atoms with Crippen LogP contribution in [0, 0.1) is 0 Å². The first-order chi connectivity index (χ1) is 6.97. The van der Waals surface area contributed by atoms with Gasteiger partial charge in [0.1, 0.15) is 0 Å². The SMILES string of the molecule is CCCP(=O)(O)CC.CO[SiH](OC)OC. The summed E-state index contributed by atoms with van der Waals surface area (Å²) in [4.78, 5) is 8.88. The number of rotatable bonds is 6. The van der Waals surface area contributed by atoms with Gasteiger partial charge in [0.15, 0.2) is 7.37 Å². The summed E-state index contributed by atoms with van der Waals surface area (Å²) in [5, 5.41) is 0. The van der Waals surface area contributed by atoms with E-state index >= 15 is 0 Å². The zero-order valence-electron chi connectivity index (χ0n) is 10.2. The molecule has 0 radical (unpaired) electrons. The molecular weight excluding hydrogens is 235 g/mol. The van der Waals surface area contributed by atoms with Crippen molar-refractivity contribution in [2.75, 3.05) is 33.7 Å². The van der Waals surface area contributed by atoms with Gasteiger partial charge < -0.3 is 18.2 Å². The van der Waals surface area contributed by atoms with Crippen molar-refractivity contribution >= 4 is 16.9 Å². The van der Waals surface area contributed by atoms with Crippen LogP contribution in [0.4, 0.5) is 0 Å². The molecule has 0 fully saturated rings. The van der Waals surface area contributed by atoms with Gasteiger partial charge in [-0.3, -0.25) is 4.57 Å². The Kier molecular flexibility index (Phi) is 12.7. The first kappa shape index (κ1) is 17.7. The Hall–Kier alpha value is 0.287. The second-order valence-electron chi connectivity index (χ2n) is 2.88. The molecule has 0 heterocycles. The van der Waals surface area contributed by atoms with Crippen molar-refractivity contribution in [2.24, 2.45) is 0 Å². The van der Waals surface area contributed by atoms with E-state index in [1.54, 1.807) is 28.3 Å². The van der Waals surface area contributed by atoms with E-state index in [0.29, 0.717) is 12.3 Å². The minimum atomic E-state index is -2.67. The van der Waals surface area contributed by atoms with Gasteiger partial charge in [-0.2, -0.15) is 0 Å². The summed E-state index contributed by atoms with van der Waals surface area (Å²) in [6.07, 6.45) is 1.70. The van der Waals surface area contributed by atoms with Crippen LogP contribution in [-0.4, -0.2) is 48.1 Å². The highest BCUT2D eigenvalue weighted by molar-refractivity contribution is 7.57. The Balaban J connectivity index is 0. The third-order valence-corrected chi connectivity index (χ3v) is 4.93. The topological polar surface area (TPSA) is 65.0 Å². The van der Waals surface area contributed by atoms with Crippen LogP contribution in [0.15, 0.2) is 0 Å². The second kappa shape index (κ2) is 10.8. The van der Waals surface area contributed by atoms with Crippen LogP contribution >= 0.6 is 7.37 Å². The average Bonchev–Trinajstić information content (AvgIpc) is 2.21. The second-order valence-corrected chi connectivity index (χ2v) is 7.65. The van der Waals surface area contributed by atoms with E-state index in [2.05, 4.69) is 0 Å². The van der Waals surface area contributed by atoms with Crippen LogP contribution in [0.25, 0.3) is 0 Å². The Bertz CT molecular complexity index is 169. The van der Waals surface area contributed by atoms with Gasteiger partial charge in [-0.15, -0.1) is 0 Å². The predicted molar refractivity (Wildman–Crippen MR) is 63.7 cm³/mol. The highest BCUT2D eigenvalue weighted by Gasteiger charge is 2.11. The van der Waals surface area contributed by atoms with Crippen LogP contribution in [0.1, 0.15) is 20.3 Å². The Morgan fingerprint density at radius 2 is 1.53 bits per heavy atom. The van der Waals surface area contributed by atoms with E-state index in [0.717, 1.165) is 6.42 Å². The van der Waals surface area contributed by atoms with Crippen LogP contribution in [-0.2, 0) is 17.8 Å². The van der Waals surface area contributed by atoms with E-state index < -0.39 is 16.9 Å². The summed E-state index contributed by atoms with van der Waals surface area (Å²) >= 11 is 0. The van der Waals surface area contributed by atoms with Gasteiger partial charge in [-0.25, -0.2) is 0 Å². The molecule has 0 aliphatic rings. The van der Waals surface area contributed by atoms with Crippen molar-refractivity contribution in [3.8, 4) is 0 Å². The molecule has 0 aromatic rings. The Morgan fingerprint density at radius 1 is 1.13 bits per heavy atom. The van der Waals surface area contributed by atoms with Crippen LogP contribution in [0.5, 0.6) is 0 Å². The molecule has 0 amide bonds. The Morgan fingerprint density at radius 3 is 1.60 bits per heavy atom. The van der Waals surface area contributed by atoms with Crippen LogP contribution in [0.3, 0.4) is 0 Å². The fourth-order valence-corrected chi connectivity index (χ4v) is 2.39. The first-order valence-corrected chi connectivity index (χ1v) is 8.31. The van der Waals surface area contributed by atoms with Gasteiger partial charge in [0, 0.05) is 33.7 Å². The van der Waals surface area contributed by atoms with Gasteiger partial charge in [-0.05, 0) is 6.42 Å². The van der Waals surface area contributed by atoms with Crippen LogP contribution < -0.4 is 0 Å². The summed E-state index contributed by atoms with van der Waals surface area (Å²) in [5.41, 5.74) is 0. The normalized spacial score (nSPS) is 14.3. The van der Waals surface area contributed by atoms with Gasteiger partial charge in [0.25, 0.3) is 0 Å². The molecule has 0 spiro atoms. The lowest BCUT2D eigenvalue weighted by atomic mass is 10.6. The molecule has 5 nitrogen and oxygen atoms in total. The average molecular weight is 258 g/mol. The molecule has 0 rings (SSSR count). The monoisotopic (exact) mass is 258 g/mol. The van der Waals surface area contributed by atoms with Crippen molar-refractivity contribution in [3.63, 3.8) is 0 Å². The molecule has 7 heteroatoms. The predicted octanol–water partition coefficient (Wildman–Crippen LogP) is 1.33. The molecule has 0 bridgehead atoms. The highest BCUT2D eigenvalue weighted by atomic mass is 31.2. The van der Waals surface area contributed by atoms with E-state index in [-0.39, 0.29) is 0 Å². The minimum absolute atomic E-state index is 0.418. The van der Waals surface area contributed by atoms with Crippen molar-refractivity contribution in [3.05, 3.63) is 0 Å². The minimum Gasteiger partial charge on any atom is -0.379 e. The maximum absolute atomic E-state index is 10.7. The van der Waals surface area contributed by atoms with Gasteiger partial charge >= 0.3 is 9.53 Å². The molecular formula is C8H23O5PSi. The van der Waals surface area contributed by atoms with E-state index in [4.69, 9.17) is 18.2 Å². The highest BCUT2D eigenvalue weighted by Crippen LogP contribution is 2.39.